The van der Waals surface area contributed by atoms with Gasteiger partial charge in [-0.1, -0.05) is 29.8 Å². The van der Waals surface area contributed by atoms with Gasteiger partial charge in [-0.25, -0.2) is 22.5 Å². The molecule has 2 heterocycles. The second-order valence-corrected chi connectivity index (χ2v) is 10.7. The Morgan fingerprint density at radius 2 is 1.84 bits per heavy atom. The molecule has 226 valence electrons. The van der Waals surface area contributed by atoms with E-state index in [9.17, 15) is 36.7 Å². The SMILES string of the molecule is NC(=O)Cc1cnc(N2C(=O)CC[C@H]2C(=O)N(c2cc(F)cc(F)c2)[C@H](C(=O)NC2CC(F)(F)C2)c2ccccc2Cl)o1. The number of nitrogens with zero attached hydrogens (tertiary/aromatic N) is 3. The number of hydrogen-bond donors (Lipinski definition) is 2. The minimum Gasteiger partial charge on any atom is -0.428 e. The summed E-state index contributed by atoms with van der Waals surface area (Å²) in [6, 6.07) is 3.70. The van der Waals surface area contributed by atoms with E-state index in [-0.39, 0.29) is 41.6 Å². The Morgan fingerprint density at radius 1 is 1.16 bits per heavy atom. The zero-order chi connectivity index (χ0) is 31.1. The van der Waals surface area contributed by atoms with Gasteiger partial charge < -0.3 is 15.5 Å². The smallest absolute Gasteiger partial charge is 0.305 e. The van der Waals surface area contributed by atoms with Gasteiger partial charge in [-0.15, -0.1) is 0 Å². The summed E-state index contributed by atoms with van der Waals surface area (Å²) < 4.78 is 61.7. The average molecular weight is 622 g/mol. The highest BCUT2D eigenvalue weighted by atomic mass is 35.5. The Labute approximate surface area is 246 Å². The average Bonchev–Trinajstić information content (AvgIpc) is 3.51. The second kappa shape index (κ2) is 11.7. The molecule has 10 nitrogen and oxygen atoms in total. The quantitative estimate of drug-likeness (QED) is 0.349. The molecule has 1 aliphatic carbocycles. The largest absolute Gasteiger partial charge is 0.428 e. The topological polar surface area (TPSA) is 139 Å². The minimum absolute atomic E-state index is 0.000543. The fourth-order valence-electron chi connectivity index (χ4n) is 5.20. The first-order chi connectivity index (χ1) is 20.3. The number of benzene rings is 2. The van der Waals surface area contributed by atoms with Gasteiger partial charge in [-0.3, -0.25) is 29.0 Å². The predicted molar refractivity (Wildman–Crippen MR) is 144 cm³/mol. The molecule has 2 fully saturated rings. The highest BCUT2D eigenvalue weighted by Gasteiger charge is 2.49. The molecule has 43 heavy (non-hydrogen) atoms. The third kappa shape index (κ3) is 6.33. The Bertz CT molecular complexity index is 1570. The molecule has 1 aromatic heterocycles. The summed E-state index contributed by atoms with van der Waals surface area (Å²) in [4.78, 5) is 58.1. The first-order valence-electron chi connectivity index (χ1n) is 13.1. The van der Waals surface area contributed by atoms with Gasteiger partial charge in [-0.05, 0) is 24.6 Å². The Balaban J connectivity index is 1.60. The van der Waals surface area contributed by atoms with Crippen molar-refractivity contribution in [3.8, 4) is 0 Å². The molecule has 15 heteroatoms. The molecule has 1 saturated heterocycles. The summed E-state index contributed by atoms with van der Waals surface area (Å²) in [5, 5.41) is 2.48. The van der Waals surface area contributed by atoms with Crippen LogP contribution in [0.15, 0.2) is 53.1 Å². The lowest BCUT2D eigenvalue weighted by Gasteiger charge is -2.39. The van der Waals surface area contributed by atoms with Crippen molar-refractivity contribution in [1.82, 2.24) is 10.3 Å². The van der Waals surface area contributed by atoms with Crippen LogP contribution in [0.25, 0.3) is 0 Å². The number of hydrogen-bond acceptors (Lipinski definition) is 6. The Hall–Kier alpha value is -4.46. The van der Waals surface area contributed by atoms with Crippen molar-refractivity contribution in [1.29, 1.82) is 0 Å². The molecule has 0 unspecified atom stereocenters. The molecule has 2 atom stereocenters. The number of halogens is 5. The molecule has 4 amide bonds. The van der Waals surface area contributed by atoms with Crippen molar-refractivity contribution in [2.24, 2.45) is 5.73 Å². The number of anilines is 2. The summed E-state index contributed by atoms with van der Waals surface area (Å²) in [6.45, 7) is 0. The maximum Gasteiger partial charge on any atom is 0.305 e. The van der Waals surface area contributed by atoms with E-state index in [0.717, 1.165) is 28.1 Å². The van der Waals surface area contributed by atoms with E-state index in [0.29, 0.717) is 6.07 Å². The van der Waals surface area contributed by atoms with E-state index in [1.807, 2.05) is 0 Å². The Kier molecular flexibility index (Phi) is 8.14. The van der Waals surface area contributed by atoms with E-state index in [4.69, 9.17) is 21.8 Å². The van der Waals surface area contributed by atoms with E-state index in [1.54, 1.807) is 6.07 Å². The number of nitrogens with one attached hydrogen (secondary N) is 1. The molecule has 0 radical (unpaired) electrons. The van der Waals surface area contributed by atoms with Crippen LogP contribution in [0.4, 0.5) is 29.3 Å². The molecule has 3 aromatic rings. The summed E-state index contributed by atoms with van der Waals surface area (Å²) in [5.74, 6) is -8.35. The van der Waals surface area contributed by atoms with Crippen LogP contribution in [-0.4, -0.2) is 46.6 Å². The van der Waals surface area contributed by atoms with Gasteiger partial charge in [0.1, 0.15) is 29.5 Å². The standard InChI is InChI=1S/C28H24ClF4N5O5/c29-20-4-2-1-3-19(20)24(25(41)36-16-11-28(32,33)12-16)37(17-8-14(30)7-15(31)9-17)26(42)21-5-6-23(40)38(21)27-35-13-18(43-27)10-22(34)39/h1-4,7-9,13,16,21,24H,5-6,10-12H2,(H2,34,39)(H,36,41)/t21-,24-/m0/s1. The van der Waals surface area contributed by atoms with Crippen LogP contribution >= 0.6 is 11.6 Å². The van der Waals surface area contributed by atoms with Gasteiger partial charge >= 0.3 is 6.01 Å². The van der Waals surface area contributed by atoms with Crippen molar-refractivity contribution in [3.63, 3.8) is 0 Å². The van der Waals surface area contributed by atoms with E-state index in [1.165, 1.54) is 18.2 Å². The monoisotopic (exact) mass is 621 g/mol. The number of oxazole rings is 1. The molecule has 2 aliphatic rings. The highest BCUT2D eigenvalue weighted by Crippen LogP contribution is 2.40. The number of aromatic nitrogens is 1. The fraction of sp³-hybridized carbons (Fsp3) is 0.321. The lowest BCUT2D eigenvalue weighted by atomic mass is 9.87. The van der Waals surface area contributed by atoms with Crippen molar-refractivity contribution in [2.45, 2.75) is 56.2 Å². The zero-order valence-corrected chi connectivity index (χ0v) is 23.0. The lowest BCUT2D eigenvalue weighted by molar-refractivity contribution is -0.133. The maximum atomic E-state index is 14.5. The van der Waals surface area contributed by atoms with Crippen LogP contribution in [0.5, 0.6) is 0 Å². The van der Waals surface area contributed by atoms with Crippen LogP contribution in [0, 0.1) is 11.6 Å². The van der Waals surface area contributed by atoms with E-state index >= 15 is 0 Å². The third-order valence-corrected chi connectivity index (χ3v) is 7.44. The number of primary amides is 1. The molecule has 2 aromatic carbocycles. The minimum atomic E-state index is -2.98. The van der Waals surface area contributed by atoms with Crippen LogP contribution in [0.3, 0.4) is 0 Å². The molecule has 5 rings (SSSR count). The number of alkyl halides is 2. The number of carbonyl (C=O) groups excluding carboxylic acids is 4. The van der Waals surface area contributed by atoms with Crippen molar-refractivity contribution >= 4 is 46.9 Å². The highest BCUT2D eigenvalue weighted by molar-refractivity contribution is 6.31. The van der Waals surface area contributed by atoms with E-state index in [2.05, 4.69) is 10.3 Å². The molecular weight excluding hydrogens is 598 g/mol. The number of nitrogens with two attached hydrogens (primary N) is 1. The van der Waals surface area contributed by atoms with Gasteiger partial charge in [0.15, 0.2) is 0 Å². The lowest BCUT2D eigenvalue weighted by Crippen LogP contribution is -2.56. The summed E-state index contributed by atoms with van der Waals surface area (Å²) in [7, 11) is 0. The number of rotatable bonds is 9. The van der Waals surface area contributed by atoms with Crippen LogP contribution in [0.2, 0.25) is 5.02 Å². The summed E-state index contributed by atoms with van der Waals surface area (Å²) in [5.41, 5.74) is 4.82. The van der Waals surface area contributed by atoms with Crippen molar-refractivity contribution < 1.29 is 41.2 Å². The van der Waals surface area contributed by atoms with Crippen molar-refractivity contribution in [2.75, 3.05) is 9.80 Å². The zero-order valence-electron chi connectivity index (χ0n) is 22.2. The van der Waals surface area contributed by atoms with Gasteiger partial charge in [0.2, 0.25) is 17.7 Å². The molecule has 0 spiro atoms. The first-order valence-corrected chi connectivity index (χ1v) is 13.5. The summed E-state index contributed by atoms with van der Waals surface area (Å²) in [6.07, 6.45) is -0.725. The molecule has 3 N–H and O–H groups in total. The summed E-state index contributed by atoms with van der Waals surface area (Å²) >= 11 is 6.43. The van der Waals surface area contributed by atoms with Gasteiger partial charge in [0.25, 0.3) is 11.8 Å². The van der Waals surface area contributed by atoms with Crippen LogP contribution in [-0.2, 0) is 25.6 Å². The Morgan fingerprint density at radius 3 is 2.47 bits per heavy atom. The van der Waals surface area contributed by atoms with E-state index < -0.39 is 77.8 Å². The van der Waals surface area contributed by atoms with Gasteiger partial charge in [0.05, 0.1) is 18.3 Å². The van der Waals surface area contributed by atoms with Crippen molar-refractivity contribution in [3.05, 3.63) is 76.6 Å². The number of amides is 4. The van der Waals surface area contributed by atoms with Gasteiger partial charge in [-0.2, -0.15) is 0 Å². The molecular formula is C28H24ClF4N5O5. The maximum absolute atomic E-state index is 14.5. The van der Waals surface area contributed by atoms with Crippen LogP contribution in [0.1, 0.15) is 43.0 Å². The van der Waals surface area contributed by atoms with Crippen LogP contribution < -0.4 is 20.9 Å². The van der Waals surface area contributed by atoms with Gasteiger partial charge in [0, 0.05) is 42.0 Å². The third-order valence-electron chi connectivity index (χ3n) is 7.10. The normalized spacial score (nSPS) is 18.7. The second-order valence-electron chi connectivity index (χ2n) is 10.3. The molecule has 0 bridgehead atoms. The molecule has 1 aliphatic heterocycles. The fourth-order valence-corrected chi connectivity index (χ4v) is 5.44. The number of carbonyl (C=O) groups is 4. The predicted octanol–water partition coefficient (Wildman–Crippen LogP) is 3.82. The molecule has 1 saturated carbocycles. The first kappa shape index (κ1) is 30.0.